The minimum absolute atomic E-state index is 0.146. The zero-order chi connectivity index (χ0) is 20.3. The van der Waals surface area contributed by atoms with Gasteiger partial charge in [-0.05, 0) is 35.0 Å². The molecule has 7 heteroatoms. The van der Waals surface area contributed by atoms with Crippen molar-refractivity contribution in [2.75, 3.05) is 42.3 Å². The first-order valence-corrected chi connectivity index (χ1v) is 11.1. The summed E-state index contributed by atoms with van der Waals surface area (Å²) >= 11 is 0. The fourth-order valence-corrected chi connectivity index (χ4v) is 4.63. The Hall–Kier alpha value is -2.90. The number of hydrogen-bond donors (Lipinski definition) is 1. The van der Waals surface area contributed by atoms with E-state index in [4.69, 9.17) is 4.74 Å². The van der Waals surface area contributed by atoms with E-state index >= 15 is 0 Å². The lowest BCUT2D eigenvalue weighted by molar-refractivity contribution is -0.113. The van der Waals surface area contributed by atoms with Crippen molar-refractivity contribution >= 4 is 37.9 Å². The number of carbonyl (C=O) groups excluding carboxylic acids is 1. The molecule has 1 aliphatic rings. The number of sulfone groups is 1. The van der Waals surface area contributed by atoms with Crippen LogP contribution in [0.25, 0.3) is 10.8 Å². The number of para-hydroxylation sites is 2. The molecule has 1 fully saturated rings. The van der Waals surface area contributed by atoms with Crippen molar-refractivity contribution in [2.45, 2.75) is 4.90 Å². The Morgan fingerprint density at radius 3 is 2.41 bits per heavy atom. The molecule has 150 valence electrons. The molecule has 4 rings (SSSR count). The Morgan fingerprint density at radius 2 is 1.62 bits per heavy atom. The third-order valence-corrected chi connectivity index (χ3v) is 6.55. The van der Waals surface area contributed by atoms with Crippen LogP contribution in [0.1, 0.15) is 0 Å². The highest BCUT2D eigenvalue weighted by atomic mass is 32.2. The molecular formula is C22H22N2O4S. The maximum absolute atomic E-state index is 12.8. The molecular weight excluding hydrogens is 388 g/mol. The van der Waals surface area contributed by atoms with Crippen molar-refractivity contribution in [3.05, 3.63) is 66.7 Å². The van der Waals surface area contributed by atoms with E-state index in [9.17, 15) is 13.2 Å². The Bertz CT molecular complexity index is 1140. The van der Waals surface area contributed by atoms with Crippen LogP contribution in [0.3, 0.4) is 0 Å². The number of amides is 1. The van der Waals surface area contributed by atoms with Crippen LogP contribution < -0.4 is 10.2 Å². The van der Waals surface area contributed by atoms with Gasteiger partial charge in [0.15, 0.2) is 9.84 Å². The fraction of sp³-hybridized carbons (Fsp3) is 0.227. The molecule has 29 heavy (non-hydrogen) atoms. The number of benzene rings is 3. The van der Waals surface area contributed by atoms with Crippen LogP contribution in [0.15, 0.2) is 71.6 Å². The number of fused-ring (bicyclic) bond motifs is 1. The molecule has 0 bridgehead atoms. The first-order valence-electron chi connectivity index (χ1n) is 9.46. The molecule has 0 aliphatic carbocycles. The molecule has 1 saturated heterocycles. The summed E-state index contributed by atoms with van der Waals surface area (Å²) in [5.74, 6) is -1.16. The van der Waals surface area contributed by atoms with Crippen molar-refractivity contribution in [3.63, 3.8) is 0 Å². The summed E-state index contributed by atoms with van der Waals surface area (Å²) in [5, 5.41) is 4.55. The van der Waals surface area contributed by atoms with Crippen LogP contribution in [0.4, 0.5) is 11.4 Å². The lowest BCUT2D eigenvalue weighted by Crippen LogP contribution is -2.37. The van der Waals surface area contributed by atoms with Crippen molar-refractivity contribution in [2.24, 2.45) is 0 Å². The predicted molar refractivity (Wildman–Crippen MR) is 114 cm³/mol. The predicted octanol–water partition coefficient (Wildman–Crippen LogP) is 3.09. The molecule has 0 spiro atoms. The number of nitrogens with zero attached hydrogens (tertiary/aromatic N) is 1. The van der Waals surface area contributed by atoms with E-state index in [1.54, 1.807) is 24.3 Å². The minimum Gasteiger partial charge on any atom is -0.378 e. The summed E-state index contributed by atoms with van der Waals surface area (Å²) < 4.78 is 30.9. The van der Waals surface area contributed by atoms with Gasteiger partial charge >= 0.3 is 0 Å². The lowest BCUT2D eigenvalue weighted by Gasteiger charge is -2.30. The molecule has 6 nitrogen and oxygen atoms in total. The van der Waals surface area contributed by atoms with E-state index in [0.29, 0.717) is 18.9 Å². The van der Waals surface area contributed by atoms with E-state index in [1.807, 2.05) is 42.5 Å². The first-order chi connectivity index (χ1) is 14.0. The van der Waals surface area contributed by atoms with E-state index < -0.39 is 21.5 Å². The summed E-state index contributed by atoms with van der Waals surface area (Å²) in [6.45, 7) is 2.70. The molecule has 1 aliphatic heterocycles. The van der Waals surface area contributed by atoms with Crippen LogP contribution >= 0.6 is 0 Å². The molecule has 0 atom stereocenters. The highest BCUT2D eigenvalue weighted by Gasteiger charge is 2.21. The summed E-state index contributed by atoms with van der Waals surface area (Å²) in [6, 6.07) is 19.9. The van der Waals surface area contributed by atoms with E-state index in [2.05, 4.69) is 10.2 Å². The number of ether oxygens (including phenoxy) is 1. The maximum atomic E-state index is 12.8. The quantitative estimate of drug-likeness (QED) is 0.700. The molecule has 1 heterocycles. The van der Waals surface area contributed by atoms with Gasteiger partial charge in [-0.25, -0.2) is 8.42 Å². The molecule has 3 aromatic rings. The highest BCUT2D eigenvalue weighted by molar-refractivity contribution is 7.92. The first kappa shape index (κ1) is 19.4. The van der Waals surface area contributed by atoms with Gasteiger partial charge in [0.1, 0.15) is 5.75 Å². The van der Waals surface area contributed by atoms with E-state index in [-0.39, 0.29) is 4.90 Å². The number of anilines is 2. The Balaban J connectivity index is 1.52. The zero-order valence-corrected chi connectivity index (χ0v) is 16.7. The standard InChI is InChI=1S/C22H22N2O4S/c25-22(23-20-7-3-4-8-21(20)24-11-13-28-14-12-24)16-29(26,27)19-10-9-17-5-1-2-6-18(17)15-19/h1-10,15H,11-14,16H2,(H,23,25). The van der Waals surface area contributed by atoms with E-state index in [1.165, 1.54) is 0 Å². The van der Waals surface area contributed by atoms with Gasteiger partial charge < -0.3 is 15.0 Å². The number of morpholine rings is 1. The van der Waals surface area contributed by atoms with Gasteiger partial charge in [-0.2, -0.15) is 0 Å². The van der Waals surface area contributed by atoms with Gasteiger partial charge in [-0.15, -0.1) is 0 Å². The van der Waals surface area contributed by atoms with Crippen LogP contribution in [-0.2, 0) is 19.4 Å². The van der Waals surface area contributed by atoms with Gasteiger partial charge in [-0.3, -0.25) is 4.79 Å². The third-order valence-electron chi connectivity index (χ3n) is 4.93. The smallest absolute Gasteiger partial charge is 0.240 e. The maximum Gasteiger partial charge on any atom is 0.240 e. The van der Waals surface area contributed by atoms with Crippen LogP contribution in [0.5, 0.6) is 0 Å². The van der Waals surface area contributed by atoms with Crippen molar-refractivity contribution in [3.8, 4) is 0 Å². The summed E-state index contributed by atoms with van der Waals surface area (Å²) in [5.41, 5.74) is 1.47. The summed E-state index contributed by atoms with van der Waals surface area (Å²) in [4.78, 5) is 14.8. The van der Waals surface area contributed by atoms with Crippen molar-refractivity contribution in [1.29, 1.82) is 0 Å². The lowest BCUT2D eigenvalue weighted by atomic mass is 10.1. The Morgan fingerprint density at radius 1 is 0.931 bits per heavy atom. The van der Waals surface area contributed by atoms with Gasteiger partial charge in [-0.1, -0.05) is 42.5 Å². The normalized spacial score (nSPS) is 14.7. The number of hydrogen-bond acceptors (Lipinski definition) is 5. The van der Waals surface area contributed by atoms with Crippen LogP contribution in [0.2, 0.25) is 0 Å². The molecule has 0 saturated carbocycles. The van der Waals surface area contributed by atoms with Crippen LogP contribution in [0, 0.1) is 0 Å². The molecule has 3 aromatic carbocycles. The van der Waals surface area contributed by atoms with Gasteiger partial charge in [0.05, 0.1) is 29.5 Å². The van der Waals surface area contributed by atoms with Gasteiger partial charge in [0, 0.05) is 13.1 Å². The Kier molecular flexibility index (Phi) is 5.51. The third kappa shape index (κ3) is 4.41. The molecule has 1 amide bonds. The van der Waals surface area contributed by atoms with Crippen molar-refractivity contribution < 1.29 is 17.9 Å². The van der Waals surface area contributed by atoms with Gasteiger partial charge in [0.2, 0.25) is 5.91 Å². The second-order valence-corrected chi connectivity index (χ2v) is 8.92. The monoisotopic (exact) mass is 410 g/mol. The number of nitrogens with one attached hydrogen (secondary N) is 1. The van der Waals surface area contributed by atoms with Crippen LogP contribution in [-0.4, -0.2) is 46.4 Å². The molecule has 0 unspecified atom stereocenters. The summed E-state index contributed by atoms with van der Waals surface area (Å²) in [7, 11) is -3.75. The highest BCUT2D eigenvalue weighted by Crippen LogP contribution is 2.27. The second kappa shape index (κ2) is 8.23. The van der Waals surface area contributed by atoms with E-state index in [0.717, 1.165) is 29.5 Å². The summed E-state index contributed by atoms with van der Waals surface area (Å²) in [6.07, 6.45) is 0. The topological polar surface area (TPSA) is 75.7 Å². The second-order valence-electron chi connectivity index (χ2n) is 6.93. The Labute approximate surface area is 170 Å². The average molecular weight is 410 g/mol. The SMILES string of the molecule is O=C(CS(=O)(=O)c1ccc2ccccc2c1)Nc1ccccc1N1CCOCC1. The van der Waals surface area contributed by atoms with Crippen molar-refractivity contribution in [1.82, 2.24) is 0 Å². The number of rotatable bonds is 5. The fourth-order valence-electron chi connectivity index (χ4n) is 3.46. The molecule has 0 radical (unpaired) electrons. The zero-order valence-electron chi connectivity index (χ0n) is 15.9. The average Bonchev–Trinajstić information content (AvgIpc) is 2.74. The molecule has 1 N–H and O–H groups in total. The largest absolute Gasteiger partial charge is 0.378 e. The minimum atomic E-state index is -3.75. The molecule has 0 aromatic heterocycles. The van der Waals surface area contributed by atoms with Gasteiger partial charge in [0.25, 0.3) is 0 Å². The number of carbonyl (C=O) groups is 1.